The summed E-state index contributed by atoms with van der Waals surface area (Å²) >= 11 is 12.1. The van der Waals surface area contributed by atoms with Crippen molar-refractivity contribution in [1.29, 1.82) is 0 Å². The van der Waals surface area contributed by atoms with Gasteiger partial charge in [-0.2, -0.15) is 19.6 Å². The summed E-state index contributed by atoms with van der Waals surface area (Å²) in [5, 5.41) is 12.4. The van der Waals surface area contributed by atoms with Crippen molar-refractivity contribution < 1.29 is 9.47 Å². The van der Waals surface area contributed by atoms with Crippen LogP contribution >= 0.6 is 23.2 Å². The first-order valence-corrected chi connectivity index (χ1v) is 12.8. The summed E-state index contributed by atoms with van der Waals surface area (Å²) in [7, 11) is 0. The molecule has 0 aliphatic carbocycles. The van der Waals surface area contributed by atoms with Crippen molar-refractivity contribution in [3.8, 4) is 11.5 Å². The topological polar surface area (TPSA) is 85.6 Å². The van der Waals surface area contributed by atoms with Gasteiger partial charge in [0.15, 0.2) is 5.65 Å². The smallest absolute Gasteiger partial charge is 0.229 e. The number of benzene rings is 2. The van der Waals surface area contributed by atoms with Crippen molar-refractivity contribution >= 4 is 40.7 Å². The van der Waals surface area contributed by atoms with Gasteiger partial charge < -0.3 is 20.1 Å². The summed E-state index contributed by atoms with van der Waals surface area (Å²) < 4.78 is 13.1. The van der Waals surface area contributed by atoms with E-state index >= 15 is 0 Å². The predicted octanol–water partition coefficient (Wildman–Crippen LogP) is 6.55. The van der Waals surface area contributed by atoms with E-state index in [-0.39, 0.29) is 0 Å². The molecule has 2 aromatic heterocycles. The van der Waals surface area contributed by atoms with Crippen LogP contribution < -0.4 is 15.4 Å². The van der Waals surface area contributed by atoms with Gasteiger partial charge in [0.05, 0.1) is 16.2 Å². The molecular formula is C26H28Cl2N6O2. The predicted molar refractivity (Wildman–Crippen MR) is 143 cm³/mol. The van der Waals surface area contributed by atoms with Gasteiger partial charge in [-0.3, -0.25) is 0 Å². The van der Waals surface area contributed by atoms with Crippen LogP contribution in [-0.2, 0) is 11.3 Å². The summed E-state index contributed by atoms with van der Waals surface area (Å²) in [5.74, 6) is 2.87. The molecule has 10 heteroatoms. The number of hydrogen-bond acceptors (Lipinski definition) is 7. The number of halogens is 2. The van der Waals surface area contributed by atoms with E-state index in [9.17, 15) is 0 Å². The zero-order valence-electron chi connectivity index (χ0n) is 20.2. The first-order chi connectivity index (χ1) is 17.5. The van der Waals surface area contributed by atoms with E-state index in [4.69, 9.17) is 42.6 Å². The number of fused-ring (bicyclic) bond motifs is 1. The SMILES string of the molecule is CC(C)c1cnn2c(NCc3ccc(Oc4ccc(Cl)c(Cl)c4)cc3)nc(NC3CCOCC3)nc12. The van der Waals surface area contributed by atoms with Gasteiger partial charge in [0.1, 0.15) is 11.5 Å². The van der Waals surface area contributed by atoms with E-state index in [1.807, 2.05) is 30.5 Å². The summed E-state index contributed by atoms with van der Waals surface area (Å²) in [4.78, 5) is 9.54. The van der Waals surface area contributed by atoms with Crippen molar-refractivity contribution in [3.05, 3.63) is 69.8 Å². The van der Waals surface area contributed by atoms with E-state index in [0.29, 0.717) is 51.9 Å². The van der Waals surface area contributed by atoms with Gasteiger partial charge in [-0.05, 0) is 48.6 Å². The minimum atomic E-state index is 0.294. The van der Waals surface area contributed by atoms with Crippen LogP contribution in [0.4, 0.5) is 11.9 Å². The van der Waals surface area contributed by atoms with Crippen molar-refractivity contribution in [2.45, 2.75) is 45.2 Å². The van der Waals surface area contributed by atoms with Crippen LogP contribution in [0.2, 0.25) is 10.0 Å². The first kappa shape index (κ1) is 24.6. The number of rotatable bonds is 8. The van der Waals surface area contributed by atoms with Gasteiger partial charge in [-0.15, -0.1) is 0 Å². The average Bonchev–Trinajstić information content (AvgIpc) is 3.31. The second-order valence-corrected chi connectivity index (χ2v) is 9.88. The van der Waals surface area contributed by atoms with Crippen molar-refractivity contribution in [2.75, 3.05) is 23.8 Å². The van der Waals surface area contributed by atoms with Crippen LogP contribution in [-0.4, -0.2) is 38.8 Å². The lowest BCUT2D eigenvalue weighted by atomic mass is 10.1. The maximum Gasteiger partial charge on any atom is 0.229 e. The average molecular weight is 527 g/mol. The molecule has 5 rings (SSSR count). The molecule has 0 atom stereocenters. The standard InChI is InChI=1S/C26H28Cl2N6O2/c1-16(2)21-15-30-34-24(21)32-25(31-18-9-11-35-12-10-18)33-26(34)29-14-17-3-5-19(6-4-17)36-20-7-8-22(27)23(28)13-20/h3-8,13,15-16,18H,9-12,14H2,1-2H3,(H2,29,31,32,33). The molecule has 0 unspecified atom stereocenters. The molecule has 0 saturated carbocycles. The maximum atomic E-state index is 6.08. The lowest BCUT2D eigenvalue weighted by Crippen LogP contribution is -2.29. The minimum absolute atomic E-state index is 0.294. The highest BCUT2D eigenvalue weighted by atomic mass is 35.5. The number of aromatic nitrogens is 4. The third-order valence-electron chi connectivity index (χ3n) is 6.07. The molecule has 2 aromatic carbocycles. The molecule has 0 amide bonds. The van der Waals surface area contributed by atoms with Gasteiger partial charge in [-0.1, -0.05) is 49.2 Å². The molecule has 1 aliphatic heterocycles. The Morgan fingerprint density at radius 1 is 1.03 bits per heavy atom. The van der Waals surface area contributed by atoms with E-state index in [1.54, 1.807) is 22.7 Å². The van der Waals surface area contributed by atoms with Crippen LogP contribution in [0.3, 0.4) is 0 Å². The molecule has 3 heterocycles. The summed E-state index contributed by atoms with van der Waals surface area (Å²) in [6, 6.07) is 13.3. The Morgan fingerprint density at radius 3 is 2.50 bits per heavy atom. The van der Waals surface area contributed by atoms with E-state index in [1.165, 1.54) is 0 Å². The van der Waals surface area contributed by atoms with E-state index in [0.717, 1.165) is 42.8 Å². The molecule has 1 fully saturated rings. The largest absolute Gasteiger partial charge is 0.457 e. The number of nitrogens with zero attached hydrogens (tertiary/aromatic N) is 4. The zero-order valence-corrected chi connectivity index (χ0v) is 21.7. The Balaban J connectivity index is 1.32. The van der Waals surface area contributed by atoms with Gasteiger partial charge in [0.2, 0.25) is 11.9 Å². The van der Waals surface area contributed by atoms with Crippen LogP contribution in [0.25, 0.3) is 5.65 Å². The van der Waals surface area contributed by atoms with Crippen LogP contribution in [0.5, 0.6) is 11.5 Å². The first-order valence-electron chi connectivity index (χ1n) is 12.0. The third-order valence-corrected chi connectivity index (χ3v) is 6.81. The fourth-order valence-electron chi connectivity index (χ4n) is 4.04. The summed E-state index contributed by atoms with van der Waals surface area (Å²) in [5.41, 5.74) is 2.96. The van der Waals surface area contributed by atoms with Crippen LogP contribution in [0.1, 0.15) is 43.7 Å². The number of hydrogen-bond donors (Lipinski definition) is 2. The molecule has 1 saturated heterocycles. The second kappa shape index (κ2) is 10.9. The van der Waals surface area contributed by atoms with Crippen molar-refractivity contribution in [3.63, 3.8) is 0 Å². The Morgan fingerprint density at radius 2 is 1.78 bits per heavy atom. The molecule has 36 heavy (non-hydrogen) atoms. The lowest BCUT2D eigenvalue weighted by molar-refractivity contribution is 0.0903. The van der Waals surface area contributed by atoms with Crippen molar-refractivity contribution in [2.24, 2.45) is 0 Å². The molecule has 0 spiro atoms. The summed E-state index contributed by atoms with van der Waals surface area (Å²) in [6.45, 7) is 6.34. The lowest BCUT2D eigenvalue weighted by Gasteiger charge is -2.23. The minimum Gasteiger partial charge on any atom is -0.457 e. The fourth-order valence-corrected chi connectivity index (χ4v) is 4.33. The molecular weight excluding hydrogens is 499 g/mol. The van der Waals surface area contributed by atoms with E-state index in [2.05, 4.69) is 29.6 Å². The molecule has 1 aliphatic rings. The highest BCUT2D eigenvalue weighted by molar-refractivity contribution is 6.42. The fraction of sp³-hybridized carbons (Fsp3) is 0.346. The third kappa shape index (κ3) is 5.67. The molecule has 0 bridgehead atoms. The molecule has 2 N–H and O–H groups in total. The number of nitrogens with one attached hydrogen (secondary N) is 2. The van der Waals surface area contributed by atoms with Gasteiger partial charge >= 0.3 is 0 Å². The maximum absolute atomic E-state index is 6.08. The quantitative estimate of drug-likeness (QED) is 0.269. The number of ether oxygens (including phenoxy) is 2. The van der Waals surface area contributed by atoms with E-state index < -0.39 is 0 Å². The Kier molecular flexibility index (Phi) is 7.46. The number of anilines is 2. The zero-order chi connectivity index (χ0) is 25.1. The monoisotopic (exact) mass is 526 g/mol. The second-order valence-electron chi connectivity index (χ2n) is 9.07. The van der Waals surface area contributed by atoms with Crippen LogP contribution in [0.15, 0.2) is 48.7 Å². The summed E-state index contributed by atoms with van der Waals surface area (Å²) in [6.07, 6.45) is 3.74. The highest BCUT2D eigenvalue weighted by Crippen LogP contribution is 2.30. The molecule has 8 nitrogen and oxygen atoms in total. The van der Waals surface area contributed by atoms with Crippen molar-refractivity contribution in [1.82, 2.24) is 19.6 Å². The normalized spacial score (nSPS) is 14.4. The highest BCUT2D eigenvalue weighted by Gasteiger charge is 2.19. The van der Waals surface area contributed by atoms with Gasteiger partial charge in [0.25, 0.3) is 0 Å². The molecule has 188 valence electrons. The Labute approximate surface area is 220 Å². The van der Waals surface area contributed by atoms with Gasteiger partial charge in [-0.25, -0.2) is 0 Å². The Hall–Kier alpha value is -3.07. The van der Waals surface area contributed by atoms with Crippen LogP contribution in [0, 0.1) is 0 Å². The molecule has 4 aromatic rings. The van der Waals surface area contributed by atoms with Gasteiger partial charge in [0, 0.05) is 37.4 Å². The molecule has 0 radical (unpaired) electrons. The Bertz CT molecular complexity index is 1340.